The van der Waals surface area contributed by atoms with Crippen LogP contribution >= 0.6 is 0 Å². The van der Waals surface area contributed by atoms with Gasteiger partial charge >= 0.3 is 0 Å². The van der Waals surface area contributed by atoms with Crippen molar-refractivity contribution in [1.29, 1.82) is 0 Å². The number of ketones is 1. The molecule has 0 aliphatic carbocycles. The predicted molar refractivity (Wildman–Crippen MR) is 108 cm³/mol. The van der Waals surface area contributed by atoms with Crippen molar-refractivity contribution < 1.29 is 14.3 Å². The molecule has 28 heavy (non-hydrogen) atoms. The number of nitrogens with zero attached hydrogens (tertiary/aromatic N) is 2. The van der Waals surface area contributed by atoms with Gasteiger partial charge in [-0.3, -0.25) is 9.59 Å². The van der Waals surface area contributed by atoms with Crippen LogP contribution in [0, 0.1) is 11.8 Å². The first-order valence-electron chi connectivity index (χ1n) is 9.86. The quantitative estimate of drug-likeness (QED) is 0.431. The van der Waals surface area contributed by atoms with Crippen molar-refractivity contribution in [2.24, 2.45) is 17.6 Å². The van der Waals surface area contributed by atoms with Gasteiger partial charge in [0.15, 0.2) is 5.78 Å². The van der Waals surface area contributed by atoms with Gasteiger partial charge in [0.1, 0.15) is 11.6 Å². The van der Waals surface area contributed by atoms with Gasteiger partial charge in [-0.15, -0.1) is 0 Å². The van der Waals surface area contributed by atoms with Crippen LogP contribution in [0.2, 0.25) is 0 Å². The van der Waals surface area contributed by atoms with Gasteiger partial charge in [0.2, 0.25) is 5.91 Å². The lowest BCUT2D eigenvalue weighted by molar-refractivity contribution is -0.122. The molecule has 2 unspecified atom stereocenters. The average molecular weight is 392 g/mol. The number of nitrogens with one attached hydrogen (secondary N) is 2. The minimum atomic E-state index is -0.317. The van der Waals surface area contributed by atoms with Crippen molar-refractivity contribution in [3.8, 4) is 0 Å². The largest absolute Gasteiger partial charge is 0.385 e. The third-order valence-corrected chi connectivity index (χ3v) is 4.90. The molecule has 2 heterocycles. The Morgan fingerprint density at radius 3 is 2.75 bits per heavy atom. The van der Waals surface area contributed by atoms with Gasteiger partial charge < -0.3 is 21.1 Å². The molecule has 156 valence electrons. The highest BCUT2D eigenvalue weighted by Crippen LogP contribution is 2.25. The molecule has 0 bridgehead atoms. The zero-order valence-electron chi connectivity index (χ0n) is 17.4. The van der Waals surface area contributed by atoms with E-state index in [1.165, 1.54) is 0 Å². The molecular weight excluding hydrogens is 358 g/mol. The number of piperidine rings is 1. The fraction of sp³-hybridized carbons (Fsp3) is 0.700. The summed E-state index contributed by atoms with van der Waals surface area (Å²) in [4.78, 5) is 33.5. The predicted octanol–water partition coefficient (Wildman–Crippen LogP) is 1.51. The molecule has 0 saturated carbocycles. The number of aromatic nitrogens is 2. The first-order chi connectivity index (χ1) is 13.2. The van der Waals surface area contributed by atoms with E-state index in [2.05, 4.69) is 20.6 Å². The number of nitrogens with two attached hydrogens (primary N) is 1. The van der Waals surface area contributed by atoms with Crippen molar-refractivity contribution in [3.05, 3.63) is 17.6 Å². The molecule has 2 rings (SSSR count). The summed E-state index contributed by atoms with van der Waals surface area (Å²) in [6, 6.07) is 0. The number of hydrogen-bond acceptors (Lipinski definition) is 7. The Kier molecular flexibility index (Phi) is 7.88. The van der Waals surface area contributed by atoms with Gasteiger partial charge in [-0.1, -0.05) is 20.8 Å². The lowest BCUT2D eigenvalue weighted by atomic mass is 9.86. The van der Waals surface area contributed by atoms with Crippen LogP contribution in [0.15, 0.2) is 6.20 Å². The van der Waals surface area contributed by atoms with Crippen LogP contribution in [0.25, 0.3) is 0 Å². The van der Waals surface area contributed by atoms with E-state index in [9.17, 15) is 9.59 Å². The van der Waals surface area contributed by atoms with E-state index in [1.54, 1.807) is 13.3 Å². The molecule has 0 radical (unpaired) electrons. The standard InChI is InChI=1S/C20H33N5O3/c1-20(2,3)19-24-12-15(18(25-19)23-6-5-7-28-4)16(26)9-13-8-14(17(21)27)11-22-10-13/h12-14,22H,5-11H2,1-4H3,(H2,21,27)(H,23,24,25). The topological polar surface area (TPSA) is 119 Å². The van der Waals surface area contributed by atoms with E-state index in [-0.39, 0.29) is 28.9 Å². The number of ether oxygens (including phenoxy) is 1. The second kappa shape index (κ2) is 9.93. The highest BCUT2D eigenvalue weighted by Gasteiger charge is 2.28. The van der Waals surface area contributed by atoms with E-state index in [0.29, 0.717) is 56.3 Å². The monoisotopic (exact) mass is 391 g/mol. The zero-order chi connectivity index (χ0) is 20.7. The summed E-state index contributed by atoms with van der Waals surface area (Å²) in [5.41, 5.74) is 5.70. The molecule has 1 fully saturated rings. The number of methoxy groups -OCH3 is 1. The normalized spacial score (nSPS) is 20.0. The van der Waals surface area contributed by atoms with E-state index >= 15 is 0 Å². The second-order valence-corrected chi connectivity index (χ2v) is 8.47. The van der Waals surface area contributed by atoms with Crippen LogP contribution in [0.4, 0.5) is 5.82 Å². The van der Waals surface area contributed by atoms with Gasteiger partial charge in [-0.2, -0.15) is 0 Å². The van der Waals surface area contributed by atoms with Crippen LogP contribution in [-0.4, -0.2) is 55.0 Å². The number of rotatable bonds is 9. The van der Waals surface area contributed by atoms with Crippen molar-refractivity contribution in [2.45, 2.75) is 45.4 Å². The number of Topliss-reactive ketones (excluding diaryl/α,β-unsaturated/α-hetero) is 1. The van der Waals surface area contributed by atoms with Gasteiger partial charge in [0.25, 0.3) is 0 Å². The average Bonchev–Trinajstić information content (AvgIpc) is 2.64. The summed E-state index contributed by atoms with van der Waals surface area (Å²) < 4.78 is 5.08. The Balaban J connectivity index is 2.14. The Morgan fingerprint density at radius 1 is 1.36 bits per heavy atom. The second-order valence-electron chi connectivity index (χ2n) is 8.47. The lowest BCUT2D eigenvalue weighted by Gasteiger charge is -2.28. The third-order valence-electron chi connectivity index (χ3n) is 4.90. The molecule has 1 aromatic heterocycles. The van der Waals surface area contributed by atoms with Gasteiger partial charge in [0.05, 0.1) is 11.5 Å². The number of carbonyl (C=O) groups is 2. The van der Waals surface area contributed by atoms with Crippen LogP contribution in [0.1, 0.15) is 56.2 Å². The summed E-state index contributed by atoms with van der Waals surface area (Å²) in [7, 11) is 1.66. The molecule has 2 atom stereocenters. The summed E-state index contributed by atoms with van der Waals surface area (Å²) >= 11 is 0. The van der Waals surface area contributed by atoms with E-state index < -0.39 is 0 Å². The molecule has 1 aliphatic rings. The lowest BCUT2D eigenvalue weighted by Crippen LogP contribution is -2.42. The maximum Gasteiger partial charge on any atom is 0.221 e. The summed E-state index contributed by atoms with van der Waals surface area (Å²) in [5.74, 6) is 0.761. The van der Waals surface area contributed by atoms with E-state index in [1.807, 2.05) is 20.8 Å². The Bertz CT molecular complexity index is 687. The highest BCUT2D eigenvalue weighted by molar-refractivity contribution is 6.00. The van der Waals surface area contributed by atoms with Gasteiger partial charge in [-0.05, 0) is 25.3 Å². The summed E-state index contributed by atoms with van der Waals surface area (Å²) in [6.07, 6.45) is 3.40. The first-order valence-corrected chi connectivity index (χ1v) is 9.86. The first kappa shape index (κ1) is 22.2. The minimum Gasteiger partial charge on any atom is -0.385 e. The summed E-state index contributed by atoms with van der Waals surface area (Å²) in [5, 5.41) is 6.47. The zero-order valence-corrected chi connectivity index (χ0v) is 17.4. The molecule has 8 nitrogen and oxygen atoms in total. The molecule has 4 N–H and O–H groups in total. The molecule has 1 amide bonds. The minimum absolute atomic E-state index is 0.0216. The maximum atomic E-state index is 13.0. The maximum absolute atomic E-state index is 13.0. The van der Waals surface area contributed by atoms with Crippen molar-refractivity contribution in [3.63, 3.8) is 0 Å². The van der Waals surface area contributed by atoms with Crippen molar-refractivity contribution in [2.75, 3.05) is 38.7 Å². The molecule has 8 heteroatoms. The molecule has 1 aromatic rings. The van der Waals surface area contributed by atoms with Crippen molar-refractivity contribution >= 4 is 17.5 Å². The van der Waals surface area contributed by atoms with Gasteiger partial charge in [-0.25, -0.2) is 9.97 Å². The van der Waals surface area contributed by atoms with E-state index in [4.69, 9.17) is 10.5 Å². The highest BCUT2D eigenvalue weighted by atomic mass is 16.5. The van der Waals surface area contributed by atoms with Crippen molar-refractivity contribution in [1.82, 2.24) is 15.3 Å². The number of amides is 1. The molecule has 0 spiro atoms. The summed E-state index contributed by atoms with van der Waals surface area (Å²) in [6.45, 7) is 8.69. The Hall–Kier alpha value is -2.06. The van der Waals surface area contributed by atoms with Crippen LogP contribution in [0.5, 0.6) is 0 Å². The third kappa shape index (κ3) is 6.24. The molecule has 0 aromatic carbocycles. The number of anilines is 1. The van der Waals surface area contributed by atoms with E-state index in [0.717, 1.165) is 6.42 Å². The van der Waals surface area contributed by atoms with Crippen LogP contribution in [-0.2, 0) is 14.9 Å². The number of hydrogen-bond donors (Lipinski definition) is 3. The Morgan fingerprint density at radius 2 is 2.11 bits per heavy atom. The number of primary amides is 1. The molecule has 1 aliphatic heterocycles. The molecule has 1 saturated heterocycles. The smallest absolute Gasteiger partial charge is 0.221 e. The molecular formula is C20H33N5O3. The van der Waals surface area contributed by atoms with Crippen LogP contribution < -0.4 is 16.4 Å². The van der Waals surface area contributed by atoms with Crippen LogP contribution in [0.3, 0.4) is 0 Å². The fourth-order valence-electron chi connectivity index (χ4n) is 3.28. The SMILES string of the molecule is COCCCNc1nc(C(C)(C)C)ncc1C(=O)CC1CNCC(C(N)=O)C1. The number of carbonyl (C=O) groups excluding carboxylic acids is 2. The Labute approximate surface area is 167 Å². The van der Waals surface area contributed by atoms with Gasteiger partial charge in [0, 0.05) is 44.8 Å². The fourth-order valence-corrected chi connectivity index (χ4v) is 3.28.